The lowest BCUT2D eigenvalue weighted by molar-refractivity contribution is -0.379. The maximum absolute atomic E-state index is 13.4. The Balaban J connectivity index is 1.46. The summed E-state index contributed by atoms with van der Waals surface area (Å²) >= 11 is 0. The van der Waals surface area contributed by atoms with E-state index < -0.39 is 124 Å². The molecule has 0 aliphatic carbocycles. The van der Waals surface area contributed by atoms with E-state index in [-0.39, 0.29) is 18.9 Å². The Morgan fingerprint density at radius 3 is 1.20 bits per heavy atom. The van der Waals surface area contributed by atoms with E-state index in [2.05, 4.69) is 55.6 Å². The van der Waals surface area contributed by atoms with E-state index in [0.717, 1.165) is 70.6 Å². The number of nitrogens with one attached hydrogen (secondary N) is 1. The lowest BCUT2D eigenvalue weighted by atomic mass is 9.96. The first-order valence-electron chi connectivity index (χ1n) is 33.9. The molecule has 3 fully saturated rings. The monoisotopic (exact) mass is 1230 g/mol. The minimum Gasteiger partial charge on any atom is -0.394 e. The molecular weight excluding hydrogens is 1110 g/mol. The second-order valence-corrected chi connectivity index (χ2v) is 24.3. The lowest BCUT2D eigenvalue weighted by Gasteiger charge is -2.48. The number of unbranched alkanes of at least 4 members (excludes halogenated alkanes) is 29. The molecule has 86 heavy (non-hydrogen) atoms. The van der Waals surface area contributed by atoms with E-state index in [9.17, 15) is 61.0 Å². The number of allylic oxidation sites excluding steroid dienone is 7. The largest absolute Gasteiger partial charge is 0.394 e. The maximum Gasteiger partial charge on any atom is 0.220 e. The molecule has 17 atom stereocenters. The Morgan fingerprint density at radius 1 is 0.419 bits per heavy atom. The molecule has 3 aliphatic heterocycles. The summed E-state index contributed by atoms with van der Waals surface area (Å²) in [4.78, 5) is 13.4. The van der Waals surface area contributed by atoms with Gasteiger partial charge in [-0.3, -0.25) is 4.79 Å². The van der Waals surface area contributed by atoms with Crippen LogP contribution in [0.1, 0.15) is 239 Å². The molecule has 19 nitrogen and oxygen atoms in total. The number of amides is 1. The molecule has 0 saturated carbocycles. The van der Waals surface area contributed by atoms with Gasteiger partial charge in [0.05, 0.1) is 38.6 Å². The number of carbonyl (C=O) groups is 1. The first-order chi connectivity index (χ1) is 41.8. The molecule has 3 saturated heterocycles. The zero-order valence-electron chi connectivity index (χ0n) is 52.8. The van der Waals surface area contributed by atoms with Crippen molar-refractivity contribution in [2.45, 2.75) is 343 Å². The van der Waals surface area contributed by atoms with Gasteiger partial charge in [0.15, 0.2) is 18.9 Å². The quantitative estimate of drug-likeness (QED) is 0.0202. The fourth-order valence-electron chi connectivity index (χ4n) is 11.3. The van der Waals surface area contributed by atoms with Crippen molar-refractivity contribution >= 4 is 5.91 Å². The molecule has 3 heterocycles. The molecule has 0 bridgehead atoms. The first kappa shape index (κ1) is 78.0. The van der Waals surface area contributed by atoms with Crippen molar-refractivity contribution in [3.63, 3.8) is 0 Å². The summed E-state index contributed by atoms with van der Waals surface area (Å²) < 4.78 is 34.3. The van der Waals surface area contributed by atoms with E-state index >= 15 is 0 Å². The minimum absolute atomic E-state index is 0.234. The number of hydrogen-bond donors (Lipinski definition) is 12. The van der Waals surface area contributed by atoms with Crippen LogP contribution in [0, 0.1) is 0 Å². The van der Waals surface area contributed by atoms with Crippen LogP contribution >= 0.6 is 0 Å². The normalized spacial score (nSPS) is 29.1. The Bertz CT molecular complexity index is 1750. The summed E-state index contributed by atoms with van der Waals surface area (Å²) in [7, 11) is 0. The summed E-state index contributed by atoms with van der Waals surface area (Å²) in [6.45, 7) is 1.72. The van der Waals surface area contributed by atoms with E-state index in [1.807, 2.05) is 6.08 Å². The summed E-state index contributed by atoms with van der Waals surface area (Å²) in [5.41, 5.74) is 0. The van der Waals surface area contributed by atoms with Crippen LogP contribution in [-0.4, -0.2) is 193 Å². The van der Waals surface area contributed by atoms with Crippen LogP contribution in [0.5, 0.6) is 0 Å². The third-order valence-electron chi connectivity index (χ3n) is 16.9. The molecule has 0 aromatic heterocycles. The highest BCUT2D eigenvalue weighted by atomic mass is 16.8. The van der Waals surface area contributed by atoms with Crippen LogP contribution in [0.25, 0.3) is 0 Å². The summed E-state index contributed by atoms with van der Waals surface area (Å²) in [5, 5.41) is 120. The third-order valence-corrected chi connectivity index (χ3v) is 16.9. The molecule has 0 aromatic rings. The number of hydrogen-bond acceptors (Lipinski definition) is 18. The summed E-state index contributed by atoms with van der Waals surface area (Å²) in [6.07, 6.45) is 30.7. The van der Waals surface area contributed by atoms with E-state index in [0.29, 0.717) is 6.42 Å². The molecule has 17 unspecified atom stereocenters. The van der Waals surface area contributed by atoms with E-state index in [4.69, 9.17) is 28.4 Å². The van der Waals surface area contributed by atoms with E-state index in [1.165, 1.54) is 141 Å². The highest BCUT2D eigenvalue weighted by Crippen LogP contribution is 2.33. The highest BCUT2D eigenvalue weighted by molar-refractivity contribution is 5.76. The van der Waals surface area contributed by atoms with Gasteiger partial charge in [-0.15, -0.1) is 0 Å². The van der Waals surface area contributed by atoms with Crippen LogP contribution in [0.4, 0.5) is 0 Å². The molecule has 0 radical (unpaired) electrons. The Morgan fingerprint density at radius 2 is 0.767 bits per heavy atom. The molecular formula is C67H121NO18. The number of aliphatic hydroxyl groups is 11. The Labute approximate surface area is 516 Å². The highest BCUT2D eigenvalue weighted by Gasteiger charge is 2.53. The fourth-order valence-corrected chi connectivity index (χ4v) is 11.3. The second kappa shape index (κ2) is 49.5. The molecule has 19 heteroatoms. The Kier molecular flexibility index (Phi) is 44.8. The molecule has 3 rings (SSSR count). The smallest absolute Gasteiger partial charge is 0.220 e. The van der Waals surface area contributed by atoms with E-state index in [1.54, 1.807) is 6.08 Å². The topological polar surface area (TPSA) is 307 Å². The third kappa shape index (κ3) is 31.7. The van der Waals surface area contributed by atoms with Gasteiger partial charge >= 0.3 is 0 Å². The lowest BCUT2D eigenvalue weighted by Crippen LogP contribution is -2.66. The molecule has 0 aromatic carbocycles. The van der Waals surface area contributed by atoms with Gasteiger partial charge < -0.3 is 89.9 Å². The zero-order valence-corrected chi connectivity index (χ0v) is 52.8. The summed E-state index contributed by atoms with van der Waals surface area (Å²) in [5.74, 6) is -0.283. The van der Waals surface area contributed by atoms with Crippen LogP contribution in [0.2, 0.25) is 0 Å². The molecule has 502 valence electrons. The van der Waals surface area contributed by atoms with Gasteiger partial charge in [-0.2, -0.15) is 0 Å². The van der Waals surface area contributed by atoms with Gasteiger partial charge in [-0.05, 0) is 57.8 Å². The van der Waals surface area contributed by atoms with Gasteiger partial charge in [0.2, 0.25) is 5.91 Å². The van der Waals surface area contributed by atoms with Crippen molar-refractivity contribution < 1.29 is 89.4 Å². The van der Waals surface area contributed by atoms with Gasteiger partial charge in [-0.1, -0.05) is 223 Å². The zero-order chi connectivity index (χ0) is 62.6. The first-order valence-corrected chi connectivity index (χ1v) is 33.9. The predicted molar refractivity (Wildman–Crippen MR) is 332 cm³/mol. The van der Waals surface area contributed by atoms with Gasteiger partial charge in [0, 0.05) is 6.42 Å². The van der Waals surface area contributed by atoms with Gasteiger partial charge in [-0.25, -0.2) is 0 Å². The van der Waals surface area contributed by atoms with Crippen molar-refractivity contribution in [3.8, 4) is 0 Å². The Hall–Kier alpha value is -2.25. The molecule has 1 amide bonds. The number of carbonyl (C=O) groups excluding carboxylic acids is 1. The average Bonchev–Trinajstić information content (AvgIpc) is 1.83. The standard InChI is InChI=1S/C67H121NO18/c1-3-5-7-9-11-13-15-17-19-21-23-24-25-26-27-29-31-33-35-37-39-41-43-45-55(73)68-50(51(72)44-42-40-38-36-34-32-30-28-22-20-18-16-14-12-10-8-6-4-2)49-81-65-61(79)58(76)63(53(47-70)83-65)86-67-62(80)59(77)64(54(48-71)84-67)85-66-60(78)57(75)56(74)52(46-69)82-66/h15,17,21,23,25-26,42,44,50-54,56-67,69-72,74-80H,3-14,16,18-20,22,24,27-41,43,45-49H2,1-2H3,(H,68,73)/b17-15-,23-21-,26-25-,44-42+. The average molecular weight is 1230 g/mol. The molecule has 3 aliphatic rings. The second-order valence-electron chi connectivity index (χ2n) is 24.3. The predicted octanol–water partition coefficient (Wildman–Crippen LogP) is 8.22. The SMILES string of the molecule is CCCCCCC/C=C\C/C=C\C/C=C\CCCCCCCCCCC(=O)NC(COC1OC(CO)C(OC2OC(CO)C(OC3OC(CO)C(O)C(O)C3O)C(O)C2O)C(O)C1O)C(O)/C=C/CCCCCCCCCCCCCCCCCC. The van der Waals surface area contributed by atoms with Crippen molar-refractivity contribution in [3.05, 3.63) is 48.6 Å². The van der Waals surface area contributed by atoms with Crippen molar-refractivity contribution in [1.82, 2.24) is 5.32 Å². The van der Waals surface area contributed by atoms with Gasteiger partial charge in [0.1, 0.15) is 73.2 Å². The number of aliphatic hydroxyl groups excluding tert-OH is 11. The molecule has 0 spiro atoms. The van der Waals surface area contributed by atoms with Crippen molar-refractivity contribution in [2.24, 2.45) is 0 Å². The van der Waals surface area contributed by atoms with Gasteiger partial charge in [0.25, 0.3) is 0 Å². The van der Waals surface area contributed by atoms with Crippen molar-refractivity contribution in [2.75, 3.05) is 26.4 Å². The molecule has 12 N–H and O–H groups in total. The minimum atomic E-state index is -1.98. The fraction of sp³-hybridized carbons (Fsp3) is 0.866. The van der Waals surface area contributed by atoms with Crippen molar-refractivity contribution in [1.29, 1.82) is 0 Å². The summed E-state index contributed by atoms with van der Waals surface area (Å²) in [6, 6.07) is -0.979. The number of rotatable bonds is 51. The van der Waals surface area contributed by atoms with Crippen LogP contribution < -0.4 is 5.32 Å². The van der Waals surface area contributed by atoms with Crippen LogP contribution in [0.15, 0.2) is 48.6 Å². The maximum atomic E-state index is 13.4. The van der Waals surface area contributed by atoms with Crippen LogP contribution in [0.3, 0.4) is 0 Å². The van der Waals surface area contributed by atoms with Crippen LogP contribution in [-0.2, 0) is 33.2 Å². The number of ether oxygens (including phenoxy) is 6.